The van der Waals surface area contributed by atoms with Gasteiger partial charge in [-0.05, 0) is 51.5 Å². The SMILES string of the molecule is COc1cccc2ccc(CN3CC[C@@]4(CO)CCCN(C)[C@@H]4C3)nc12. The Morgan fingerprint density at radius 1 is 1.23 bits per heavy atom. The lowest BCUT2D eigenvalue weighted by atomic mass is 9.69. The number of benzene rings is 1. The van der Waals surface area contributed by atoms with Crippen LogP contribution in [0.4, 0.5) is 0 Å². The maximum absolute atomic E-state index is 10.1. The van der Waals surface area contributed by atoms with Crippen LogP contribution in [0.15, 0.2) is 30.3 Å². The summed E-state index contributed by atoms with van der Waals surface area (Å²) in [5, 5.41) is 11.2. The van der Waals surface area contributed by atoms with Gasteiger partial charge in [-0.15, -0.1) is 0 Å². The number of likely N-dealkylation sites (N-methyl/N-ethyl adjacent to an activating group) is 1. The minimum atomic E-state index is 0.0868. The summed E-state index contributed by atoms with van der Waals surface area (Å²) in [5.74, 6) is 0.828. The number of hydrogen-bond donors (Lipinski definition) is 1. The van der Waals surface area contributed by atoms with Gasteiger partial charge < -0.3 is 14.7 Å². The molecule has 2 aliphatic heterocycles. The molecule has 2 saturated heterocycles. The third-order valence-electron chi connectivity index (χ3n) is 6.44. The predicted molar refractivity (Wildman–Crippen MR) is 103 cm³/mol. The first-order valence-corrected chi connectivity index (χ1v) is 9.61. The van der Waals surface area contributed by atoms with Gasteiger partial charge in [0.05, 0.1) is 19.4 Å². The maximum atomic E-state index is 10.1. The summed E-state index contributed by atoms with van der Waals surface area (Å²) in [6.45, 7) is 4.31. The second-order valence-corrected chi connectivity index (χ2v) is 7.94. The lowest BCUT2D eigenvalue weighted by Gasteiger charge is -2.53. The number of nitrogens with zero attached hydrogens (tertiary/aromatic N) is 3. The number of aliphatic hydroxyl groups excluding tert-OH is 1. The first kappa shape index (κ1) is 17.7. The fraction of sp³-hybridized carbons (Fsp3) is 0.571. The topological polar surface area (TPSA) is 48.8 Å². The zero-order valence-electron chi connectivity index (χ0n) is 15.8. The highest BCUT2D eigenvalue weighted by molar-refractivity contribution is 5.84. The molecule has 4 rings (SSSR count). The molecule has 1 N–H and O–H groups in total. The molecule has 140 valence electrons. The summed E-state index contributed by atoms with van der Waals surface area (Å²) in [5.41, 5.74) is 2.10. The summed E-state index contributed by atoms with van der Waals surface area (Å²) in [4.78, 5) is 9.81. The Morgan fingerprint density at radius 3 is 2.92 bits per heavy atom. The van der Waals surface area contributed by atoms with Crippen LogP contribution in [0, 0.1) is 5.41 Å². The highest BCUT2D eigenvalue weighted by Gasteiger charge is 2.46. The zero-order chi connectivity index (χ0) is 18.1. The van der Waals surface area contributed by atoms with Gasteiger partial charge in [-0.3, -0.25) is 4.90 Å². The van der Waals surface area contributed by atoms with Crippen LogP contribution >= 0.6 is 0 Å². The molecule has 5 heteroatoms. The Hall–Kier alpha value is -1.69. The molecule has 2 atom stereocenters. The summed E-state index contributed by atoms with van der Waals surface area (Å²) in [6.07, 6.45) is 3.41. The minimum absolute atomic E-state index is 0.0868. The van der Waals surface area contributed by atoms with Crippen molar-refractivity contribution in [1.82, 2.24) is 14.8 Å². The number of aliphatic hydroxyl groups is 1. The van der Waals surface area contributed by atoms with Gasteiger partial charge in [-0.1, -0.05) is 18.2 Å². The Morgan fingerprint density at radius 2 is 2.12 bits per heavy atom. The van der Waals surface area contributed by atoms with Gasteiger partial charge in [0.25, 0.3) is 0 Å². The number of pyridine rings is 1. The van der Waals surface area contributed by atoms with Crippen molar-refractivity contribution in [3.05, 3.63) is 36.0 Å². The van der Waals surface area contributed by atoms with Crippen molar-refractivity contribution >= 4 is 10.9 Å². The molecular formula is C21H29N3O2. The first-order valence-electron chi connectivity index (χ1n) is 9.61. The van der Waals surface area contributed by atoms with Crippen LogP contribution in [-0.4, -0.2) is 66.3 Å². The largest absolute Gasteiger partial charge is 0.494 e. The number of ether oxygens (including phenoxy) is 1. The van der Waals surface area contributed by atoms with E-state index in [4.69, 9.17) is 9.72 Å². The molecule has 26 heavy (non-hydrogen) atoms. The molecule has 2 fully saturated rings. The predicted octanol–water partition coefficient (Wildman–Crippen LogP) is 2.52. The summed E-state index contributed by atoms with van der Waals surface area (Å²) < 4.78 is 5.47. The van der Waals surface area contributed by atoms with Crippen LogP contribution in [0.2, 0.25) is 0 Å². The van der Waals surface area contributed by atoms with Crippen molar-refractivity contribution in [2.45, 2.75) is 31.8 Å². The van der Waals surface area contributed by atoms with Crippen LogP contribution in [0.1, 0.15) is 25.0 Å². The summed E-state index contributed by atoms with van der Waals surface area (Å²) in [6, 6.07) is 10.7. The second-order valence-electron chi connectivity index (χ2n) is 7.94. The van der Waals surface area contributed by atoms with E-state index in [0.717, 1.165) is 61.4 Å². The molecule has 1 aromatic carbocycles. The van der Waals surface area contributed by atoms with Gasteiger partial charge in [-0.2, -0.15) is 0 Å². The van der Waals surface area contributed by atoms with E-state index in [1.54, 1.807) is 7.11 Å². The van der Waals surface area contributed by atoms with E-state index in [-0.39, 0.29) is 5.41 Å². The number of rotatable bonds is 4. The molecule has 5 nitrogen and oxygen atoms in total. The minimum Gasteiger partial charge on any atom is -0.494 e. The number of aromatic nitrogens is 1. The van der Waals surface area contributed by atoms with Crippen LogP contribution in [0.3, 0.4) is 0 Å². The normalized spacial score (nSPS) is 27.4. The first-order chi connectivity index (χ1) is 12.6. The van der Waals surface area contributed by atoms with Crippen LogP contribution < -0.4 is 4.74 Å². The van der Waals surface area contributed by atoms with Gasteiger partial charge in [0, 0.05) is 29.9 Å². The molecule has 0 spiro atoms. The lowest BCUT2D eigenvalue weighted by molar-refractivity contribution is -0.0686. The van der Waals surface area contributed by atoms with E-state index < -0.39 is 0 Å². The van der Waals surface area contributed by atoms with Gasteiger partial charge in [0.15, 0.2) is 0 Å². The number of para-hydroxylation sites is 1. The Bertz CT molecular complexity index is 781. The zero-order valence-corrected chi connectivity index (χ0v) is 15.8. The Labute approximate surface area is 155 Å². The standard InChI is InChI=1S/C21H29N3O2/c1-23-11-4-9-21(15-25)10-12-24(14-19(21)23)13-17-8-7-16-5-3-6-18(26-2)20(16)22-17/h3,5-8,19,25H,4,9-15H2,1-2H3/t19-,21-/m1/s1. The molecular weight excluding hydrogens is 326 g/mol. The molecule has 3 heterocycles. The van der Waals surface area contributed by atoms with Crippen molar-refractivity contribution in [3.63, 3.8) is 0 Å². The van der Waals surface area contributed by atoms with E-state index in [9.17, 15) is 5.11 Å². The van der Waals surface area contributed by atoms with Crippen LogP contribution in [-0.2, 0) is 6.54 Å². The summed E-state index contributed by atoms with van der Waals surface area (Å²) in [7, 11) is 3.90. The van der Waals surface area contributed by atoms with Crippen molar-refractivity contribution in [3.8, 4) is 5.75 Å². The number of likely N-dealkylation sites (tertiary alicyclic amines) is 2. The molecule has 2 aliphatic rings. The maximum Gasteiger partial charge on any atom is 0.145 e. The number of piperidine rings is 2. The van der Waals surface area contributed by atoms with Gasteiger partial charge in [0.2, 0.25) is 0 Å². The highest BCUT2D eigenvalue weighted by atomic mass is 16.5. The number of fused-ring (bicyclic) bond motifs is 2. The number of methoxy groups -OCH3 is 1. The second kappa shape index (κ2) is 7.14. The highest BCUT2D eigenvalue weighted by Crippen LogP contribution is 2.41. The lowest BCUT2D eigenvalue weighted by Crippen LogP contribution is -2.61. The van der Waals surface area contributed by atoms with Crippen molar-refractivity contribution in [1.29, 1.82) is 0 Å². The molecule has 0 radical (unpaired) electrons. The third kappa shape index (κ3) is 3.08. The van der Waals surface area contributed by atoms with E-state index in [0.29, 0.717) is 12.6 Å². The van der Waals surface area contributed by atoms with Gasteiger partial charge in [-0.25, -0.2) is 4.98 Å². The van der Waals surface area contributed by atoms with Crippen LogP contribution in [0.25, 0.3) is 10.9 Å². The van der Waals surface area contributed by atoms with E-state index in [1.165, 1.54) is 6.42 Å². The smallest absolute Gasteiger partial charge is 0.145 e. The quantitative estimate of drug-likeness (QED) is 0.913. The molecule has 0 aliphatic carbocycles. The molecule has 0 bridgehead atoms. The van der Waals surface area contributed by atoms with Crippen molar-refractivity contribution < 1.29 is 9.84 Å². The third-order valence-corrected chi connectivity index (χ3v) is 6.44. The monoisotopic (exact) mass is 355 g/mol. The molecule has 2 aromatic rings. The molecule has 0 unspecified atom stereocenters. The fourth-order valence-electron chi connectivity index (χ4n) is 4.86. The summed E-state index contributed by atoms with van der Waals surface area (Å²) >= 11 is 0. The van der Waals surface area contributed by atoms with E-state index >= 15 is 0 Å². The molecule has 1 aromatic heterocycles. The van der Waals surface area contributed by atoms with Crippen molar-refractivity contribution in [2.24, 2.45) is 5.41 Å². The molecule has 0 amide bonds. The van der Waals surface area contributed by atoms with Gasteiger partial charge >= 0.3 is 0 Å². The molecule has 0 saturated carbocycles. The van der Waals surface area contributed by atoms with Gasteiger partial charge in [0.1, 0.15) is 11.3 Å². The Kier molecular flexibility index (Phi) is 4.86. The fourth-order valence-corrected chi connectivity index (χ4v) is 4.86. The average molecular weight is 355 g/mol. The van der Waals surface area contributed by atoms with E-state index in [1.807, 2.05) is 12.1 Å². The Balaban J connectivity index is 1.54. The number of hydrogen-bond acceptors (Lipinski definition) is 5. The average Bonchev–Trinajstić information content (AvgIpc) is 2.68. The van der Waals surface area contributed by atoms with E-state index in [2.05, 4.69) is 35.0 Å². The van der Waals surface area contributed by atoms with Crippen molar-refractivity contribution in [2.75, 3.05) is 40.4 Å². The van der Waals surface area contributed by atoms with Crippen LogP contribution in [0.5, 0.6) is 5.75 Å².